The molecular weight excluding hydrogens is 367 g/mol. The van der Waals surface area contributed by atoms with Gasteiger partial charge in [0.1, 0.15) is 5.00 Å². The molecule has 1 N–H and O–H groups in total. The zero-order chi connectivity index (χ0) is 17.4. The predicted octanol–water partition coefficient (Wildman–Crippen LogP) is 3.24. The number of aromatic nitrogens is 5. The first-order valence-electron chi connectivity index (χ1n) is 7.53. The van der Waals surface area contributed by atoms with Gasteiger partial charge in [-0.05, 0) is 24.5 Å². The zero-order valence-corrected chi connectivity index (χ0v) is 14.8. The average Bonchev–Trinajstić information content (AvgIpc) is 3.17. The minimum absolute atomic E-state index is 0.0960. The second-order valence-electron chi connectivity index (χ2n) is 5.92. The molecule has 10 heteroatoms. The maximum Gasteiger partial charge on any atom is 0.228 e. The Morgan fingerprint density at radius 2 is 2.28 bits per heavy atom. The molecule has 0 aliphatic carbocycles. The van der Waals surface area contributed by atoms with Crippen LogP contribution in [0.3, 0.4) is 0 Å². The quantitative estimate of drug-likeness (QED) is 0.732. The number of hydrogen-bond donors (Lipinski definition) is 1. The first-order valence-corrected chi connectivity index (χ1v) is 8.68. The lowest BCUT2D eigenvalue weighted by Gasteiger charge is -2.33. The highest BCUT2D eigenvalue weighted by atomic mass is 35.5. The molecule has 130 valence electrons. The molecule has 25 heavy (non-hydrogen) atoms. The molecule has 1 aliphatic rings. The number of aryl methyl sites for hydroxylation is 1. The molecular formula is C15H14ClFN6OS. The summed E-state index contributed by atoms with van der Waals surface area (Å²) >= 11 is 7.55. The van der Waals surface area contributed by atoms with Gasteiger partial charge in [-0.1, -0.05) is 11.6 Å². The average molecular weight is 381 g/mol. The van der Waals surface area contributed by atoms with Crippen LogP contribution in [0.25, 0.3) is 11.3 Å². The van der Waals surface area contributed by atoms with E-state index in [1.165, 1.54) is 22.4 Å². The minimum Gasteiger partial charge on any atom is -0.374 e. The van der Waals surface area contributed by atoms with Gasteiger partial charge in [0.25, 0.3) is 0 Å². The van der Waals surface area contributed by atoms with Crippen LogP contribution in [0.5, 0.6) is 0 Å². The van der Waals surface area contributed by atoms with E-state index in [0.29, 0.717) is 22.2 Å². The van der Waals surface area contributed by atoms with Gasteiger partial charge in [0.15, 0.2) is 5.67 Å². The van der Waals surface area contributed by atoms with Gasteiger partial charge in [0, 0.05) is 11.8 Å². The van der Waals surface area contributed by atoms with Gasteiger partial charge in [0.2, 0.25) is 5.95 Å². The molecule has 0 amide bonds. The summed E-state index contributed by atoms with van der Waals surface area (Å²) in [6.45, 7) is 2.24. The summed E-state index contributed by atoms with van der Waals surface area (Å²) in [5, 5.41) is 8.52. The fourth-order valence-electron chi connectivity index (χ4n) is 2.44. The number of halogens is 2. The number of nitrogens with zero attached hydrogens (tertiary/aromatic N) is 5. The molecule has 0 unspecified atom stereocenters. The van der Waals surface area contributed by atoms with E-state index in [1.54, 1.807) is 12.4 Å². The van der Waals surface area contributed by atoms with E-state index >= 15 is 0 Å². The SMILES string of the molecule is Cc1cc(Nc2ncc(Cl)c(-c3cnn(CC4(F)COC4)c3)n2)sn1. The first kappa shape index (κ1) is 16.4. The van der Waals surface area contributed by atoms with Crippen molar-refractivity contribution in [3.63, 3.8) is 0 Å². The van der Waals surface area contributed by atoms with Crippen LogP contribution in [0.15, 0.2) is 24.7 Å². The Labute approximate surface area is 152 Å². The molecule has 0 bridgehead atoms. The largest absolute Gasteiger partial charge is 0.374 e. The van der Waals surface area contributed by atoms with E-state index < -0.39 is 5.67 Å². The van der Waals surface area contributed by atoms with E-state index in [-0.39, 0.29) is 19.8 Å². The van der Waals surface area contributed by atoms with Crippen molar-refractivity contribution in [1.82, 2.24) is 24.1 Å². The molecule has 7 nitrogen and oxygen atoms in total. The van der Waals surface area contributed by atoms with Crippen molar-refractivity contribution >= 4 is 34.1 Å². The lowest BCUT2D eigenvalue weighted by atomic mass is 10.1. The van der Waals surface area contributed by atoms with Crippen molar-refractivity contribution in [3.8, 4) is 11.3 Å². The normalized spacial score (nSPS) is 15.8. The summed E-state index contributed by atoms with van der Waals surface area (Å²) in [5.41, 5.74) is 0.794. The lowest BCUT2D eigenvalue weighted by molar-refractivity contribution is -0.138. The van der Waals surface area contributed by atoms with Gasteiger partial charge < -0.3 is 10.1 Å². The second-order valence-corrected chi connectivity index (χ2v) is 7.13. The molecule has 4 heterocycles. The predicted molar refractivity (Wildman–Crippen MR) is 93.1 cm³/mol. The van der Waals surface area contributed by atoms with Crippen molar-refractivity contribution in [2.24, 2.45) is 0 Å². The third-order valence-corrected chi connectivity index (χ3v) is 4.75. The third-order valence-electron chi connectivity index (χ3n) is 3.68. The molecule has 0 radical (unpaired) electrons. The number of rotatable bonds is 5. The monoisotopic (exact) mass is 380 g/mol. The summed E-state index contributed by atoms with van der Waals surface area (Å²) in [7, 11) is 0. The fourth-order valence-corrected chi connectivity index (χ4v) is 3.30. The Morgan fingerprint density at radius 1 is 1.44 bits per heavy atom. The smallest absolute Gasteiger partial charge is 0.228 e. The summed E-state index contributed by atoms with van der Waals surface area (Å²) in [5.74, 6) is 0.408. The van der Waals surface area contributed by atoms with Gasteiger partial charge in [-0.2, -0.15) is 9.47 Å². The molecule has 0 aromatic carbocycles. The highest BCUT2D eigenvalue weighted by molar-refractivity contribution is 7.10. The zero-order valence-electron chi connectivity index (χ0n) is 13.2. The standard InChI is InChI=1S/C15H14ClFN6OS/c1-9-2-12(25-22-9)20-14-18-4-11(16)13(21-14)10-3-19-23(5-10)6-15(17)7-24-8-15/h2-5H,6-8H2,1H3,(H,18,20,21). The van der Waals surface area contributed by atoms with E-state index in [1.807, 2.05) is 13.0 Å². The van der Waals surface area contributed by atoms with Crippen LogP contribution in [0.1, 0.15) is 5.69 Å². The first-order chi connectivity index (χ1) is 12.0. The van der Waals surface area contributed by atoms with Crippen LogP contribution >= 0.6 is 23.1 Å². The van der Waals surface area contributed by atoms with E-state index in [2.05, 4.69) is 24.8 Å². The van der Waals surface area contributed by atoms with Gasteiger partial charge in [-0.25, -0.2) is 14.4 Å². The minimum atomic E-state index is -1.35. The summed E-state index contributed by atoms with van der Waals surface area (Å²) in [6, 6.07) is 1.90. The Balaban J connectivity index is 1.57. The summed E-state index contributed by atoms with van der Waals surface area (Å²) in [6.07, 6.45) is 4.85. The van der Waals surface area contributed by atoms with Gasteiger partial charge >= 0.3 is 0 Å². The van der Waals surface area contributed by atoms with Crippen molar-refractivity contribution in [1.29, 1.82) is 0 Å². The molecule has 0 saturated carbocycles. The molecule has 4 rings (SSSR count). The van der Waals surface area contributed by atoms with Gasteiger partial charge in [-0.3, -0.25) is 4.68 Å². The summed E-state index contributed by atoms with van der Waals surface area (Å²) in [4.78, 5) is 8.62. The fraction of sp³-hybridized carbons (Fsp3) is 0.333. The molecule has 1 fully saturated rings. The van der Waals surface area contributed by atoms with Crippen molar-refractivity contribution in [2.75, 3.05) is 18.5 Å². The Morgan fingerprint density at radius 3 is 2.96 bits per heavy atom. The van der Waals surface area contributed by atoms with Gasteiger partial charge in [-0.15, -0.1) is 0 Å². The Bertz CT molecular complexity index is 909. The molecule has 1 aliphatic heterocycles. The van der Waals surface area contributed by atoms with Crippen molar-refractivity contribution in [3.05, 3.63) is 35.4 Å². The van der Waals surface area contributed by atoms with Crippen LogP contribution in [0.4, 0.5) is 15.3 Å². The summed E-state index contributed by atoms with van der Waals surface area (Å²) < 4.78 is 24.8. The van der Waals surface area contributed by atoms with Crippen LogP contribution in [-0.4, -0.2) is 43.0 Å². The van der Waals surface area contributed by atoms with E-state index in [0.717, 1.165) is 10.7 Å². The lowest BCUT2D eigenvalue weighted by Crippen LogP contribution is -2.48. The van der Waals surface area contributed by atoms with Crippen molar-refractivity contribution < 1.29 is 9.13 Å². The number of alkyl halides is 1. The molecule has 0 atom stereocenters. The van der Waals surface area contributed by atoms with Crippen molar-refractivity contribution in [2.45, 2.75) is 19.1 Å². The molecule has 3 aromatic rings. The van der Waals surface area contributed by atoms with Crippen LogP contribution in [0.2, 0.25) is 5.02 Å². The van der Waals surface area contributed by atoms with Crippen LogP contribution < -0.4 is 5.32 Å². The Kier molecular flexibility index (Phi) is 4.14. The highest BCUT2D eigenvalue weighted by Crippen LogP contribution is 2.29. The molecule has 3 aromatic heterocycles. The number of nitrogens with one attached hydrogen (secondary N) is 1. The van der Waals surface area contributed by atoms with E-state index in [9.17, 15) is 4.39 Å². The van der Waals surface area contributed by atoms with Crippen LogP contribution in [-0.2, 0) is 11.3 Å². The Hall–Kier alpha value is -2.10. The highest BCUT2D eigenvalue weighted by Gasteiger charge is 2.39. The third kappa shape index (κ3) is 3.48. The maximum atomic E-state index is 14.1. The molecule has 0 spiro atoms. The number of hydrogen-bond acceptors (Lipinski definition) is 7. The number of anilines is 2. The van der Waals surface area contributed by atoms with E-state index in [4.69, 9.17) is 16.3 Å². The van der Waals surface area contributed by atoms with Crippen LogP contribution in [0, 0.1) is 6.92 Å². The van der Waals surface area contributed by atoms with Gasteiger partial charge in [0.05, 0.1) is 48.6 Å². The maximum absolute atomic E-state index is 14.1. The molecule has 1 saturated heterocycles. The second kappa shape index (κ2) is 6.32. The number of ether oxygens (including phenoxy) is 1. The topological polar surface area (TPSA) is 77.8 Å².